The maximum absolute atomic E-state index is 10.5. The standard InChI is InChI=1S/C11H13NO2/c1-14-11(6-7-12-11)10-4-2-9(8-13)3-5-10/h2-5,8,12H,6-7H2,1H3. The summed E-state index contributed by atoms with van der Waals surface area (Å²) in [7, 11) is 1.69. The van der Waals surface area contributed by atoms with Gasteiger partial charge in [-0.1, -0.05) is 24.3 Å². The Kier molecular flexibility index (Phi) is 2.35. The van der Waals surface area contributed by atoms with E-state index >= 15 is 0 Å². The molecule has 1 N–H and O–H groups in total. The summed E-state index contributed by atoms with van der Waals surface area (Å²) in [6, 6.07) is 7.48. The van der Waals surface area contributed by atoms with Crippen molar-refractivity contribution in [3.05, 3.63) is 35.4 Å². The van der Waals surface area contributed by atoms with Crippen molar-refractivity contribution in [3.8, 4) is 0 Å². The molecule has 0 amide bonds. The van der Waals surface area contributed by atoms with Crippen molar-refractivity contribution in [2.24, 2.45) is 0 Å². The van der Waals surface area contributed by atoms with Crippen molar-refractivity contribution in [1.82, 2.24) is 5.32 Å². The second-order valence-corrected chi connectivity index (χ2v) is 3.45. The largest absolute Gasteiger partial charge is 0.360 e. The Balaban J connectivity index is 2.27. The second-order valence-electron chi connectivity index (χ2n) is 3.45. The molecule has 3 heteroatoms. The van der Waals surface area contributed by atoms with Crippen molar-refractivity contribution in [1.29, 1.82) is 0 Å². The molecule has 74 valence electrons. The van der Waals surface area contributed by atoms with E-state index in [0.717, 1.165) is 24.8 Å². The Morgan fingerprint density at radius 1 is 1.43 bits per heavy atom. The quantitative estimate of drug-likeness (QED) is 0.732. The lowest BCUT2D eigenvalue weighted by atomic mass is 9.92. The molecule has 1 heterocycles. The fourth-order valence-electron chi connectivity index (χ4n) is 1.72. The maximum atomic E-state index is 10.5. The lowest BCUT2D eigenvalue weighted by Crippen LogP contribution is -2.55. The van der Waals surface area contributed by atoms with Crippen LogP contribution in [0.3, 0.4) is 0 Å². The van der Waals surface area contributed by atoms with Crippen molar-refractivity contribution in [2.45, 2.75) is 12.1 Å². The molecule has 1 aliphatic rings. The fraction of sp³-hybridized carbons (Fsp3) is 0.364. The van der Waals surface area contributed by atoms with Crippen LogP contribution in [0, 0.1) is 0 Å². The van der Waals surface area contributed by atoms with Gasteiger partial charge in [0.25, 0.3) is 0 Å². The maximum Gasteiger partial charge on any atom is 0.150 e. The number of carbonyl (C=O) groups excluding carboxylic acids is 1. The van der Waals surface area contributed by atoms with Crippen LogP contribution in [-0.4, -0.2) is 19.9 Å². The van der Waals surface area contributed by atoms with Gasteiger partial charge in [-0.05, 0) is 5.56 Å². The molecular formula is C11H13NO2. The molecule has 1 aromatic rings. The summed E-state index contributed by atoms with van der Waals surface area (Å²) in [4.78, 5) is 10.5. The molecular weight excluding hydrogens is 178 g/mol. The number of rotatable bonds is 3. The molecule has 1 unspecified atom stereocenters. The van der Waals surface area contributed by atoms with Crippen LogP contribution in [0.1, 0.15) is 22.3 Å². The van der Waals surface area contributed by atoms with Crippen LogP contribution in [0.15, 0.2) is 24.3 Å². The topological polar surface area (TPSA) is 38.3 Å². The van der Waals surface area contributed by atoms with Crippen LogP contribution in [0.5, 0.6) is 0 Å². The van der Waals surface area contributed by atoms with Gasteiger partial charge in [0.2, 0.25) is 0 Å². The Bertz CT molecular complexity index is 322. The third-order valence-corrected chi connectivity index (χ3v) is 2.75. The number of aldehydes is 1. The van der Waals surface area contributed by atoms with E-state index in [9.17, 15) is 4.79 Å². The molecule has 0 aromatic heterocycles. The van der Waals surface area contributed by atoms with Crippen molar-refractivity contribution in [3.63, 3.8) is 0 Å². The molecule has 2 rings (SSSR count). The molecule has 1 fully saturated rings. The third kappa shape index (κ3) is 1.35. The van der Waals surface area contributed by atoms with Crippen LogP contribution >= 0.6 is 0 Å². The van der Waals surface area contributed by atoms with Gasteiger partial charge in [-0.2, -0.15) is 0 Å². The third-order valence-electron chi connectivity index (χ3n) is 2.75. The van der Waals surface area contributed by atoms with E-state index < -0.39 is 0 Å². The monoisotopic (exact) mass is 191 g/mol. The van der Waals surface area contributed by atoms with E-state index in [4.69, 9.17) is 4.74 Å². The van der Waals surface area contributed by atoms with Gasteiger partial charge in [-0.15, -0.1) is 0 Å². The zero-order valence-corrected chi connectivity index (χ0v) is 8.12. The van der Waals surface area contributed by atoms with Crippen LogP contribution in [0.25, 0.3) is 0 Å². The van der Waals surface area contributed by atoms with E-state index in [1.165, 1.54) is 0 Å². The predicted octanol–water partition coefficient (Wildman–Crippen LogP) is 1.29. The molecule has 0 bridgehead atoms. The summed E-state index contributed by atoms with van der Waals surface area (Å²) >= 11 is 0. The zero-order valence-electron chi connectivity index (χ0n) is 8.12. The lowest BCUT2D eigenvalue weighted by molar-refractivity contribution is -0.0971. The highest BCUT2D eigenvalue weighted by atomic mass is 16.5. The number of methoxy groups -OCH3 is 1. The number of benzene rings is 1. The predicted molar refractivity (Wildman–Crippen MR) is 53.1 cm³/mol. The van der Waals surface area contributed by atoms with E-state index in [-0.39, 0.29) is 5.72 Å². The Morgan fingerprint density at radius 3 is 2.43 bits per heavy atom. The summed E-state index contributed by atoms with van der Waals surface area (Å²) in [5, 5.41) is 3.25. The number of nitrogens with one attached hydrogen (secondary N) is 1. The van der Waals surface area contributed by atoms with E-state index in [0.29, 0.717) is 5.56 Å². The summed E-state index contributed by atoms with van der Waals surface area (Å²) in [5.41, 5.74) is 1.46. The highest BCUT2D eigenvalue weighted by Gasteiger charge is 2.38. The van der Waals surface area contributed by atoms with Crippen molar-refractivity contribution in [2.75, 3.05) is 13.7 Å². The first-order chi connectivity index (χ1) is 6.80. The normalized spacial score (nSPS) is 25.5. The van der Waals surface area contributed by atoms with Gasteiger partial charge in [0.15, 0.2) is 0 Å². The van der Waals surface area contributed by atoms with Gasteiger partial charge < -0.3 is 4.74 Å². The van der Waals surface area contributed by atoms with Crippen molar-refractivity contribution < 1.29 is 9.53 Å². The SMILES string of the molecule is COC1(c2ccc(C=O)cc2)CCN1. The average molecular weight is 191 g/mol. The van der Waals surface area contributed by atoms with Gasteiger partial charge >= 0.3 is 0 Å². The number of carbonyl (C=O) groups is 1. The Labute approximate surface area is 83.1 Å². The molecule has 1 aromatic carbocycles. The smallest absolute Gasteiger partial charge is 0.150 e. The van der Waals surface area contributed by atoms with E-state index in [1.54, 1.807) is 7.11 Å². The molecule has 14 heavy (non-hydrogen) atoms. The summed E-state index contributed by atoms with van der Waals surface area (Å²) < 4.78 is 5.43. The van der Waals surface area contributed by atoms with Crippen molar-refractivity contribution >= 4 is 6.29 Å². The Morgan fingerprint density at radius 2 is 2.07 bits per heavy atom. The molecule has 0 aliphatic carbocycles. The molecule has 3 nitrogen and oxygen atoms in total. The zero-order chi connectivity index (χ0) is 10.0. The van der Waals surface area contributed by atoms with Gasteiger partial charge in [-0.25, -0.2) is 0 Å². The Hall–Kier alpha value is -1.19. The number of hydrogen-bond donors (Lipinski definition) is 1. The van der Waals surface area contributed by atoms with Crippen LogP contribution in [0.4, 0.5) is 0 Å². The minimum Gasteiger partial charge on any atom is -0.360 e. The number of hydrogen-bond acceptors (Lipinski definition) is 3. The van der Waals surface area contributed by atoms with Gasteiger partial charge in [-0.3, -0.25) is 10.1 Å². The summed E-state index contributed by atoms with van der Waals surface area (Å²) in [5.74, 6) is 0. The second kappa shape index (κ2) is 3.52. The van der Waals surface area contributed by atoms with E-state index in [1.807, 2.05) is 24.3 Å². The van der Waals surface area contributed by atoms with Gasteiger partial charge in [0, 0.05) is 25.6 Å². The van der Waals surface area contributed by atoms with E-state index in [2.05, 4.69) is 5.32 Å². The molecule has 0 spiro atoms. The molecule has 1 atom stereocenters. The highest BCUT2D eigenvalue weighted by Crippen LogP contribution is 2.31. The first-order valence-corrected chi connectivity index (χ1v) is 4.67. The van der Waals surface area contributed by atoms with Crippen LogP contribution in [-0.2, 0) is 10.5 Å². The van der Waals surface area contributed by atoms with Gasteiger partial charge in [0.05, 0.1) is 0 Å². The van der Waals surface area contributed by atoms with Crippen LogP contribution in [0.2, 0.25) is 0 Å². The lowest BCUT2D eigenvalue weighted by Gasteiger charge is -2.42. The molecule has 0 saturated carbocycles. The van der Waals surface area contributed by atoms with Crippen LogP contribution < -0.4 is 5.32 Å². The minimum absolute atomic E-state index is 0.318. The summed E-state index contributed by atoms with van der Waals surface area (Å²) in [6.07, 6.45) is 1.82. The average Bonchev–Trinajstić information content (AvgIpc) is 2.18. The minimum atomic E-state index is -0.318. The first-order valence-electron chi connectivity index (χ1n) is 4.67. The molecule has 0 radical (unpaired) electrons. The molecule has 1 aliphatic heterocycles. The van der Waals surface area contributed by atoms with Gasteiger partial charge in [0.1, 0.15) is 12.0 Å². The number of ether oxygens (including phenoxy) is 1. The fourth-order valence-corrected chi connectivity index (χ4v) is 1.72. The highest BCUT2D eigenvalue weighted by molar-refractivity contribution is 5.74. The first kappa shape index (κ1) is 9.37. The molecule has 1 saturated heterocycles. The summed E-state index contributed by atoms with van der Waals surface area (Å²) in [6.45, 7) is 0.975.